The molecule has 0 N–H and O–H groups in total. The molecule has 0 aromatic carbocycles. The van der Waals surface area contributed by atoms with Gasteiger partial charge >= 0.3 is 6.16 Å². The van der Waals surface area contributed by atoms with E-state index in [9.17, 15) is 4.79 Å². The Morgan fingerprint density at radius 3 is 2.71 bits per heavy atom. The minimum atomic E-state index is -0.530. The minimum absolute atomic E-state index is 0.0937. The summed E-state index contributed by atoms with van der Waals surface area (Å²) in [6.07, 6.45) is 6.50. The molecule has 1 rings (SSSR count). The van der Waals surface area contributed by atoms with Gasteiger partial charge in [0.25, 0.3) is 0 Å². The van der Waals surface area contributed by atoms with Gasteiger partial charge in [-0.1, -0.05) is 19.8 Å². The Bertz CT molecular complexity index is 177. The van der Waals surface area contributed by atoms with E-state index >= 15 is 0 Å². The second-order valence-electron chi connectivity index (χ2n) is 3.94. The molecule has 0 heterocycles. The molecule has 0 aliphatic heterocycles. The zero-order valence-electron chi connectivity index (χ0n) is 9.12. The monoisotopic (exact) mass is 200 g/mol. The van der Waals surface area contributed by atoms with Crippen molar-refractivity contribution in [3.63, 3.8) is 0 Å². The Balaban J connectivity index is 2.41. The molecule has 0 aromatic rings. The van der Waals surface area contributed by atoms with Crippen LogP contribution in [0.3, 0.4) is 0 Å². The van der Waals surface area contributed by atoms with E-state index in [2.05, 4.69) is 11.7 Å². The van der Waals surface area contributed by atoms with E-state index in [1.165, 1.54) is 26.4 Å². The standard InChI is InChI=1S/C11H20O3/c1-3-6-9-7-4-5-8-10(9)14-11(12)13-2/h9-10H,3-8H2,1-2H3. The van der Waals surface area contributed by atoms with E-state index in [0.717, 1.165) is 19.3 Å². The number of methoxy groups -OCH3 is 1. The molecule has 0 saturated heterocycles. The average Bonchev–Trinajstić information content (AvgIpc) is 2.21. The van der Waals surface area contributed by atoms with Crippen LogP contribution in [-0.4, -0.2) is 19.4 Å². The Hall–Kier alpha value is -0.730. The Morgan fingerprint density at radius 1 is 1.36 bits per heavy atom. The van der Waals surface area contributed by atoms with Gasteiger partial charge in [0.2, 0.25) is 0 Å². The highest BCUT2D eigenvalue weighted by Crippen LogP contribution is 2.30. The Kier molecular flexibility index (Phi) is 4.77. The predicted molar refractivity (Wildman–Crippen MR) is 54.1 cm³/mol. The van der Waals surface area contributed by atoms with E-state index in [4.69, 9.17) is 4.74 Å². The second-order valence-corrected chi connectivity index (χ2v) is 3.94. The van der Waals surface area contributed by atoms with Crippen molar-refractivity contribution in [1.82, 2.24) is 0 Å². The summed E-state index contributed by atoms with van der Waals surface area (Å²) in [6.45, 7) is 2.17. The normalized spacial score (nSPS) is 27.0. The van der Waals surface area contributed by atoms with Crippen LogP contribution in [0.2, 0.25) is 0 Å². The van der Waals surface area contributed by atoms with Crippen LogP contribution in [0.15, 0.2) is 0 Å². The largest absolute Gasteiger partial charge is 0.508 e. The summed E-state index contributed by atoms with van der Waals surface area (Å²) < 4.78 is 9.76. The third kappa shape index (κ3) is 3.20. The maximum Gasteiger partial charge on any atom is 0.508 e. The summed E-state index contributed by atoms with van der Waals surface area (Å²) in [7, 11) is 1.36. The lowest BCUT2D eigenvalue weighted by molar-refractivity contribution is -0.00532. The molecule has 0 bridgehead atoms. The molecule has 0 spiro atoms. The number of hydrogen-bond donors (Lipinski definition) is 0. The van der Waals surface area contributed by atoms with Gasteiger partial charge in [-0.05, 0) is 31.6 Å². The smallest absolute Gasteiger partial charge is 0.438 e. The van der Waals surface area contributed by atoms with Gasteiger partial charge in [-0.15, -0.1) is 0 Å². The molecule has 14 heavy (non-hydrogen) atoms. The van der Waals surface area contributed by atoms with Gasteiger partial charge in [0, 0.05) is 0 Å². The molecule has 2 atom stereocenters. The van der Waals surface area contributed by atoms with E-state index in [0.29, 0.717) is 5.92 Å². The van der Waals surface area contributed by atoms with Crippen LogP contribution < -0.4 is 0 Å². The number of carbonyl (C=O) groups is 1. The van der Waals surface area contributed by atoms with Gasteiger partial charge in [0.05, 0.1) is 7.11 Å². The molecule has 2 unspecified atom stereocenters. The zero-order valence-corrected chi connectivity index (χ0v) is 9.12. The molecule has 0 amide bonds. The number of hydrogen-bond acceptors (Lipinski definition) is 3. The number of rotatable bonds is 3. The molecular weight excluding hydrogens is 180 g/mol. The Morgan fingerprint density at radius 2 is 2.07 bits per heavy atom. The first-order valence-corrected chi connectivity index (χ1v) is 5.52. The molecule has 0 aromatic heterocycles. The molecule has 82 valence electrons. The molecule has 1 saturated carbocycles. The van der Waals surface area contributed by atoms with Crippen LogP contribution in [0.4, 0.5) is 4.79 Å². The quantitative estimate of drug-likeness (QED) is 0.656. The SMILES string of the molecule is CCCC1CCCCC1OC(=O)OC. The fraction of sp³-hybridized carbons (Fsp3) is 0.909. The maximum atomic E-state index is 11.0. The first-order valence-electron chi connectivity index (χ1n) is 5.52. The number of carbonyl (C=O) groups excluding carboxylic acids is 1. The van der Waals surface area contributed by atoms with Crippen molar-refractivity contribution >= 4 is 6.16 Å². The molecular formula is C11H20O3. The third-order valence-electron chi connectivity index (χ3n) is 2.91. The van der Waals surface area contributed by atoms with Crippen LogP contribution >= 0.6 is 0 Å². The van der Waals surface area contributed by atoms with Crippen LogP contribution in [0.5, 0.6) is 0 Å². The molecule has 1 fully saturated rings. The summed E-state index contributed by atoms with van der Waals surface area (Å²) in [6, 6.07) is 0. The second kappa shape index (κ2) is 5.89. The lowest BCUT2D eigenvalue weighted by Crippen LogP contribution is -2.30. The van der Waals surface area contributed by atoms with Gasteiger partial charge in [-0.25, -0.2) is 4.79 Å². The summed E-state index contributed by atoms with van der Waals surface area (Å²) in [5, 5.41) is 0. The minimum Gasteiger partial charge on any atom is -0.438 e. The van der Waals surface area contributed by atoms with E-state index in [-0.39, 0.29) is 6.10 Å². The summed E-state index contributed by atoms with van der Waals surface area (Å²) in [5.74, 6) is 0.549. The maximum absolute atomic E-state index is 11.0. The van der Waals surface area contributed by atoms with Gasteiger partial charge in [0.15, 0.2) is 0 Å². The number of ether oxygens (including phenoxy) is 2. The molecule has 0 radical (unpaired) electrons. The zero-order chi connectivity index (χ0) is 10.4. The van der Waals surface area contributed by atoms with Gasteiger partial charge in [-0.3, -0.25) is 0 Å². The van der Waals surface area contributed by atoms with Crippen LogP contribution in [-0.2, 0) is 9.47 Å². The summed E-state index contributed by atoms with van der Waals surface area (Å²) in [5.41, 5.74) is 0. The lowest BCUT2D eigenvalue weighted by Gasteiger charge is -2.30. The van der Waals surface area contributed by atoms with E-state index in [1.54, 1.807) is 0 Å². The third-order valence-corrected chi connectivity index (χ3v) is 2.91. The van der Waals surface area contributed by atoms with Crippen molar-refractivity contribution in [2.45, 2.75) is 51.6 Å². The Labute approximate surface area is 85.8 Å². The fourth-order valence-corrected chi connectivity index (χ4v) is 2.20. The predicted octanol–water partition coefficient (Wildman–Crippen LogP) is 3.13. The van der Waals surface area contributed by atoms with Crippen molar-refractivity contribution in [3.05, 3.63) is 0 Å². The topological polar surface area (TPSA) is 35.5 Å². The fourth-order valence-electron chi connectivity index (χ4n) is 2.20. The first-order chi connectivity index (χ1) is 6.77. The average molecular weight is 200 g/mol. The van der Waals surface area contributed by atoms with E-state index in [1.807, 2.05) is 0 Å². The van der Waals surface area contributed by atoms with Gasteiger partial charge in [-0.2, -0.15) is 0 Å². The molecule has 3 nitrogen and oxygen atoms in total. The highest BCUT2D eigenvalue weighted by molar-refractivity contribution is 5.59. The molecule has 1 aliphatic rings. The van der Waals surface area contributed by atoms with Gasteiger partial charge < -0.3 is 9.47 Å². The summed E-state index contributed by atoms with van der Waals surface area (Å²) >= 11 is 0. The summed E-state index contributed by atoms with van der Waals surface area (Å²) in [4.78, 5) is 11.0. The van der Waals surface area contributed by atoms with Crippen molar-refractivity contribution in [1.29, 1.82) is 0 Å². The highest BCUT2D eigenvalue weighted by atomic mass is 16.7. The van der Waals surface area contributed by atoms with Gasteiger partial charge in [0.1, 0.15) is 6.10 Å². The first kappa shape index (κ1) is 11.3. The lowest BCUT2D eigenvalue weighted by atomic mass is 9.83. The highest BCUT2D eigenvalue weighted by Gasteiger charge is 2.27. The molecule has 3 heteroatoms. The van der Waals surface area contributed by atoms with Crippen molar-refractivity contribution < 1.29 is 14.3 Å². The van der Waals surface area contributed by atoms with Crippen molar-refractivity contribution in [2.24, 2.45) is 5.92 Å². The van der Waals surface area contributed by atoms with Crippen LogP contribution in [0.25, 0.3) is 0 Å². The van der Waals surface area contributed by atoms with E-state index < -0.39 is 6.16 Å². The van der Waals surface area contributed by atoms with Crippen LogP contribution in [0.1, 0.15) is 45.4 Å². The molecule has 1 aliphatic carbocycles. The van der Waals surface area contributed by atoms with Crippen molar-refractivity contribution in [2.75, 3.05) is 7.11 Å². The van der Waals surface area contributed by atoms with Crippen molar-refractivity contribution in [3.8, 4) is 0 Å². The van der Waals surface area contributed by atoms with Crippen LogP contribution in [0, 0.1) is 5.92 Å².